The number of aliphatic hydroxyl groups is 1. The van der Waals surface area contributed by atoms with E-state index in [9.17, 15) is 14.9 Å². The SMILES string of the molecule is CCCCCC(=O)OCCC(O)[N+](=O)[O-]. The zero-order valence-electron chi connectivity index (χ0n) is 8.85. The lowest BCUT2D eigenvalue weighted by molar-refractivity contribution is -0.571. The van der Waals surface area contributed by atoms with Crippen LogP contribution in [0.5, 0.6) is 0 Å². The molecule has 0 saturated carbocycles. The molecule has 0 rings (SSSR count). The van der Waals surface area contributed by atoms with Crippen LogP contribution in [0.3, 0.4) is 0 Å². The predicted octanol–water partition coefficient (Wildman–Crippen LogP) is 1.10. The standard InChI is InChI=1S/C9H17NO5/c1-2-3-4-5-9(12)15-7-6-8(11)10(13)14/h8,11H,2-7H2,1H3. The van der Waals surface area contributed by atoms with Crippen LogP contribution in [0, 0.1) is 10.1 Å². The molecular weight excluding hydrogens is 202 g/mol. The van der Waals surface area contributed by atoms with Gasteiger partial charge in [0.05, 0.1) is 11.3 Å². The second-order valence-electron chi connectivity index (χ2n) is 3.23. The molecule has 1 atom stereocenters. The molecule has 0 bridgehead atoms. The van der Waals surface area contributed by atoms with Gasteiger partial charge in [0.25, 0.3) is 0 Å². The minimum Gasteiger partial charge on any atom is -0.465 e. The van der Waals surface area contributed by atoms with Gasteiger partial charge < -0.3 is 9.84 Å². The topological polar surface area (TPSA) is 89.7 Å². The fourth-order valence-electron chi connectivity index (χ4n) is 0.975. The molecule has 0 fully saturated rings. The lowest BCUT2D eigenvalue weighted by Gasteiger charge is -2.04. The maximum absolute atomic E-state index is 11.0. The molecule has 0 aromatic rings. The van der Waals surface area contributed by atoms with Gasteiger partial charge in [-0.1, -0.05) is 19.8 Å². The Morgan fingerprint density at radius 2 is 2.20 bits per heavy atom. The summed E-state index contributed by atoms with van der Waals surface area (Å²) in [7, 11) is 0. The first-order valence-corrected chi connectivity index (χ1v) is 5.05. The highest BCUT2D eigenvalue weighted by Gasteiger charge is 2.15. The van der Waals surface area contributed by atoms with Crippen LogP contribution in [0.4, 0.5) is 0 Å². The maximum Gasteiger partial charge on any atom is 0.316 e. The Morgan fingerprint density at radius 1 is 1.53 bits per heavy atom. The van der Waals surface area contributed by atoms with E-state index < -0.39 is 11.2 Å². The summed E-state index contributed by atoms with van der Waals surface area (Å²) in [4.78, 5) is 20.2. The molecule has 88 valence electrons. The van der Waals surface area contributed by atoms with E-state index in [1.165, 1.54) is 0 Å². The highest BCUT2D eigenvalue weighted by molar-refractivity contribution is 5.69. The van der Waals surface area contributed by atoms with Crippen molar-refractivity contribution in [3.05, 3.63) is 10.1 Å². The maximum atomic E-state index is 11.0. The molecule has 0 spiro atoms. The number of aliphatic hydroxyl groups excluding tert-OH is 1. The Balaban J connectivity index is 3.42. The first kappa shape index (κ1) is 13.8. The fourth-order valence-corrected chi connectivity index (χ4v) is 0.975. The molecule has 1 N–H and O–H groups in total. The molecule has 1 unspecified atom stereocenters. The van der Waals surface area contributed by atoms with Crippen molar-refractivity contribution in [2.24, 2.45) is 0 Å². The Morgan fingerprint density at radius 3 is 2.73 bits per heavy atom. The number of hydrogen-bond donors (Lipinski definition) is 1. The van der Waals surface area contributed by atoms with Crippen LogP contribution in [-0.4, -0.2) is 28.8 Å². The third-order valence-corrected chi connectivity index (χ3v) is 1.87. The second-order valence-corrected chi connectivity index (χ2v) is 3.23. The zero-order chi connectivity index (χ0) is 11.7. The fraction of sp³-hybridized carbons (Fsp3) is 0.889. The third-order valence-electron chi connectivity index (χ3n) is 1.87. The van der Waals surface area contributed by atoms with E-state index in [1.54, 1.807) is 0 Å². The highest BCUT2D eigenvalue weighted by atomic mass is 16.7. The van der Waals surface area contributed by atoms with Crippen molar-refractivity contribution >= 4 is 5.97 Å². The van der Waals surface area contributed by atoms with Crippen molar-refractivity contribution in [1.82, 2.24) is 0 Å². The molecule has 0 heterocycles. The Bertz CT molecular complexity index is 207. The summed E-state index contributed by atoms with van der Waals surface area (Å²) in [6, 6.07) is 0. The number of unbranched alkanes of at least 4 members (excludes halogenated alkanes) is 2. The molecule has 0 aliphatic carbocycles. The smallest absolute Gasteiger partial charge is 0.316 e. The first-order valence-electron chi connectivity index (χ1n) is 5.05. The minimum atomic E-state index is -1.64. The molecule has 6 heteroatoms. The lowest BCUT2D eigenvalue weighted by atomic mass is 10.2. The molecule has 0 aliphatic heterocycles. The van der Waals surface area contributed by atoms with Crippen molar-refractivity contribution in [2.45, 2.75) is 45.3 Å². The number of nitrogens with zero attached hydrogens (tertiary/aromatic N) is 1. The van der Waals surface area contributed by atoms with E-state index in [0.717, 1.165) is 19.3 Å². The van der Waals surface area contributed by atoms with E-state index in [0.29, 0.717) is 6.42 Å². The van der Waals surface area contributed by atoms with Gasteiger partial charge in [0.1, 0.15) is 6.61 Å². The van der Waals surface area contributed by atoms with Crippen molar-refractivity contribution in [3.63, 3.8) is 0 Å². The van der Waals surface area contributed by atoms with Crippen LogP contribution < -0.4 is 0 Å². The first-order chi connectivity index (χ1) is 7.07. The average Bonchev–Trinajstić information content (AvgIpc) is 2.18. The van der Waals surface area contributed by atoms with Crippen LogP contribution in [0.2, 0.25) is 0 Å². The third kappa shape index (κ3) is 7.87. The van der Waals surface area contributed by atoms with Crippen molar-refractivity contribution in [3.8, 4) is 0 Å². The highest BCUT2D eigenvalue weighted by Crippen LogP contribution is 2.01. The van der Waals surface area contributed by atoms with Crippen LogP contribution in [0.1, 0.15) is 39.0 Å². The summed E-state index contributed by atoms with van der Waals surface area (Å²) in [6.07, 6.45) is 1.29. The van der Waals surface area contributed by atoms with Crippen molar-refractivity contribution in [1.29, 1.82) is 0 Å². The van der Waals surface area contributed by atoms with E-state index in [2.05, 4.69) is 0 Å². The van der Waals surface area contributed by atoms with Gasteiger partial charge in [0.15, 0.2) is 0 Å². The number of rotatable bonds is 8. The molecule has 0 aromatic carbocycles. The van der Waals surface area contributed by atoms with Gasteiger partial charge in [-0.25, -0.2) is 0 Å². The van der Waals surface area contributed by atoms with Gasteiger partial charge in [-0.15, -0.1) is 0 Å². The summed E-state index contributed by atoms with van der Waals surface area (Å²) in [5.74, 6) is -0.362. The largest absolute Gasteiger partial charge is 0.465 e. The van der Waals surface area contributed by atoms with Gasteiger partial charge in [-0.2, -0.15) is 0 Å². The van der Waals surface area contributed by atoms with Crippen LogP contribution in [0.25, 0.3) is 0 Å². The van der Waals surface area contributed by atoms with Gasteiger partial charge in [0, 0.05) is 6.42 Å². The normalized spacial score (nSPS) is 12.1. The van der Waals surface area contributed by atoms with E-state index in [4.69, 9.17) is 9.84 Å². The van der Waals surface area contributed by atoms with Crippen molar-refractivity contribution in [2.75, 3.05) is 6.61 Å². The number of hydrogen-bond acceptors (Lipinski definition) is 5. The number of ether oxygens (including phenoxy) is 1. The summed E-state index contributed by atoms with van der Waals surface area (Å²) < 4.78 is 4.71. The molecule has 0 radical (unpaired) electrons. The summed E-state index contributed by atoms with van der Waals surface area (Å²) in [5.41, 5.74) is 0. The summed E-state index contributed by atoms with van der Waals surface area (Å²) in [5, 5.41) is 18.8. The van der Waals surface area contributed by atoms with E-state index >= 15 is 0 Å². The quantitative estimate of drug-likeness (QED) is 0.217. The van der Waals surface area contributed by atoms with Crippen LogP contribution in [-0.2, 0) is 9.53 Å². The minimum absolute atomic E-state index is 0.104. The van der Waals surface area contributed by atoms with E-state index in [1.807, 2.05) is 6.92 Å². The van der Waals surface area contributed by atoms with Gasteiger partial charge in [-0.05, 0) is 6.42 Å². The molecular formula is C9H17NO5. The molecule has 0 aromatic heterocycles. The number of carbonyl (C=O) groups is 1. The van der Waals surface area contributed by atoms with Gasteiger partial charge in [-0.3, -0.25) is 14.9 Å². The molecule has 6 nitrogen and oxygen atoms in total. The summed E-state index contributed by atoms with van der Waals surface area (Å²) in [6.45, 7) is 1.92. The number of esters is 1. The van der Waals surface area contributed by atoms with Crippen molar-refractivity contribution < 1.29 is 19.6 Å². The Hall–Kier alpha value is -1.17. The number of carbonyl (C=O) groups excluding carboxylic acids is 1. The molecule has 15 heavy (non-hydrogen) atoms. The zero-order valence-corrected chi connectivity index (χ0v) is 8.85. The van der Waals surface area contributed by atoms with E-state index in [-0.39, 0.29) is 19.0 Å². The lowest BCUT2D eigenvalue weighted by Crippen LogP contribution is -2.21. The summed E-state index contributed by atoms with van der Waals surface area (Å²) >= 11 is 0. The molecule has 0 aliphatic rings. The second kappa shape index (κ2) is 8.16. The van der Waals surface area contributed by atoms with Crippen LogP contribution >= 0.6 is 0 Å². The number of nitro groups is 1. The predicted molar refractivity (Wildman–Crippen MR) is 52.7 cm³/mol. The van der Waals surface area contributed by atoms with Gasteiger partial charge in [0.2, 0.25) is 0 Å². The van der Waals surface area contributed by atoms with Gasteiger partial charge >= 0.3 is 12.2 Å². The monoisotopic (exact) mass is 219 g/mol. The average molecular weight is 219 g/mol. The Kier molecular flexibility index (Phi) is 7.53. The Labute approximate surface area is 88.4 Å². The van der Waals surface area contributed by atoms with Crippen LogP contribution in [0.15, 0.2) is 0 Å². The molecule has 0 amide bonds. The molecule has 0 saturated heterocycles.